The summed E-state index contributed by atoms with van der Waals surface area (Å²) in [5, 5.41) is 27.9. The van der Waals surface area contributed by atoms with Crippen molar-refractivity contribution in [3.63, 3.8) is 0 Å². The van der Waals surface area contributed by atoms with E-state index in [-0.39, 0.29) is 34.5 Å². The van der Waals surface area contributed by atoms with Crippen LogP contribution in [0.4, 0.5) is 4.39 Å². The number of allylic oxidation sites excluding steroid dienone is 1. The number of hydrogen-bond donors (Lipinski definition) is 3. The van der Waals surface area contributed by atoms with Gasteiger partial charge in [-0.2, -0.15) is 5.10 Å². The highest BCUT2D eigenvalue weighted by Gasteiger charge is 2.43. The molecule has 40 heavy (non-hydrogen) atoms. The van der Waals surface area contributed by atoms with Gasteiger partial charge in [-0.15, -0.1) is 0 Å². The maximum Gasteiger partial charge on any atom is 0.255 e. The fourth-order valence-corrected chi connectivity index (χ4v) is 5.94. The van der Waals surface area contributed by atoms with Gasteiger partial charge in [0.15, 0.2) is 11.5 Å². The highest BCUT2D eigenvalue weighted by atomic mass is 19.1. The average Bonchev–Trinajstić information content (AvgIpc) is 3.44. The minimum absolute atomic E-state index is 0.0309. The van der Waals surface area contributed by atoms with Crippen LogP contribution in [0, 0.1) is 24.1 Å². The maximum atomic E-state index is 13.5. The number of halogens is 1. The quantitative estimate of drug-likeness (QED) is 0.170. The van der Waals surface area contributed by atoms with Gasteiger partial charge >= 0.3 is 0 Å². The van der Waals surface area contributed by atoms with Crippen molar-refractivity contribution < 1.29 is 19.4 Å². The molecule has 1 aliphatic rings. The summed E-state index contributed by atoms with van der Waals surface area (Å²) >= 11 is 0. The van der Waals surface area contributed by atoms with E-state index in [1.54, 1.807) is 12.1 Å². The van der Waals surface area contributed by atoms with Crippen LogP contribution in [0.2, 0.25) is 0 Å². The third-order valence-corrected chi connectivity index (χ3v) is 8.53. The van der Waals surface area contributed by atoms with Crippen molar-refractivity contribution in [2.75, 3.05) is 0 Å². The lowest BCUT2D eigenvalue weighted by atomic mass is 9.70. The van der Waals surface area contributed by atoms with Gasteiger partial charge in [-0.05, 0) is 91.5 Å². The first-order valence-electron chi connectivity index (χ1n) is 13.5. The van der Waals surface area contributed by atoms with Crippen LogP contribution in [0.3, 0.4) is 0 Å². The van der Waals surface area contributed by atoms with E-state index in [1.807, 2.05) is 48.1 Å². The van der Waals surface area contributed by atoms with E-state index in [0.29, 0.717) is 6.42 Å². The van der Waals surface area contributed by atoms with Crippen molar-refractivity contribution >= 4 is 5.91 Å². The van der Waals surface area contributed by atoms with Crippen LogP contribution in [0.1, 0.15) is 59.4 Å². The van der Waals surface area contributed by atoms with Crippen LogP contribution in [-0.2, 0) is 6.42 Å². The number of benzene rings is 3. The van der Waals surface area contributed by atoms with Crippen molar-refractivity contribution in [1.29, 1.82) is 0 Å². The Morgan fingerprint density at radius 3 is 2.58 bits per heavy atom. The normalized spacial score (nSPS) is 19.5. The smallest absolute Gasteiger partial charge is 0.255 e. The number of aromatic nitrogens is 2. The Morgan fingerprint density at radius 1 is 1.12 bits per heavy atom. The third-order valence-electron chi connectivity index (χ3n) is 8.53. The second-order valence-electron chi connectivity index (χ2n) is 10.9. The van der Waals surface area contributed by atoms with Gasteiger partial charge in [-0.25, -0.2) is 9.07 Å². The largest absolute Gasteiger partial charge is 0.504 e. The summed E-state index contributed by atoms with van der Waals surface area (Å²) in [5.74, 6) is -1.28. The number of nitrogens with one attached hydrogen (secondary N) is 1. The van der Waals surface area contributed by atoms with Gasteiger partial charge in [-0.1, -0.05) is 55.5 Å². The lowest BCUT2D eigenvalue weighted by Gasteiger charge is -2.35. The zero-order chi connectivity index (χ0) is 28.4. The standard InChI is InChI=1S/C33H34FN3O3/c1-21-12-13-25(33(21,3)19-24-20-35-37(22(24)2)27-16-14-26(34)15-17-27)18-29(23-8-5-4-6-9-23)36-32(40)28-10-7-11-30(38)31(28)39/h4-11,14-17,20,25,29,38-39H,1,12-13,18-19H2,2-3H3,(H,36,40)/t25-,29?,33+/m1/s1. The molecule has 3 atom stereocenters. The van der Waals surface area contributed by atoms with Gasteiger partial charge in [0.2, 0.25) is 0 Å². The zero-order valence-electron chi connectivity index (χ0n) is 22.8. The second-order valence-corrected chi connectivity index (χ2v) is 10.9. The van der Waals surface area contributed by atoms with Crippen LogP contribution >= 0.6 is 0 Å². The van der Waals surface area contributed by atoms with Gasteiger partial charge in [0.25, 0.3) is 5.91 Å². The predicted octanol–water partition coefficient (Wildman–Crippen LogP) is 6.81. The number of hydrogen-bond acceptors (Lipinski definition) is 4. The van der Waals surface area contributed by atoms with E-state index in [0.717, 1.165) is 41.8 Å². The van der Waals surface area contributed by atoms with Crippen molar-refractivity contribution in [2.45, 2.75) is 45.6 Å². The van der Waals surface area contributed by atoms with Crippen LogP contribution < -0.4 is 5.32 Å². The summed E-state index contributed by atoms with van der Waals surface area (Å²) in [4.78, 5) is 13.3. The molecule has 0 saturated heterocycles. The van der Waals surface area contributed by atoms with E-state index in [9.17, 15) is 19.4 Å². The molecule has 3 N–H and O–H groups in total. The van der Waals surface area contributed by atoms with Gasteiger partial charge in [0.05, 0.1) is 23.5 Å². The number of phenols is 2. The molecule has 0 bridgehead atoms. The lowest BCUT2D eigenvalue weighted by molar-refractivity contribution is 0.0920. The molecule has 1 aliphatic carbocycles. The summed E-state index contributed by atoms with van der Waals surface area (Å²) in [6, 6.07) is 20.2. The number of phenolic OH excluding ortho intramolecular Hbond substituents is 2. The molecular formula is C33H34FN3O3. The molecular weight excluding hydrogens is 505 g/mol. The molecule has 3 aromatic carbocycles. The maximum absolute atomic E-state index is 13.5. The number of carbonyl (C=O) groups excluding carboxylic acids is 1. The second kappa shape index (κ2) is 11.0. The Labute approximate surface area is 233 Å². The molecule has 1 unspecified atom stereocenters. The van der Waals surface area contributed by atoms with Crippen LogP contribution in [0.5, 0.6) is 11.5 Å². The number of nitrogens with zero attached hydrogens (tertiary/aromatic N) is 2. The monoisotopic (exact) mass is 539 g/mol. The fourth-order valence-electron chi connectivity index (χ4n) is 5.94. The number of para-hydroxylation sites is 1. The average molecular weight is 540 g/mol. The third kappa shape index (κ3) is 5.24. The Morgan fingerprint density at radius 2 is 1.85 bits per heavy atom. The Bertz CT molecular complexity index is 1530. The van der Waals surface area contributed by atoms with E-state index < -0.39 is 11.7 Å². The van der Waals surface area contributed by atoms with E-state index in [1.165, 1.54) is 35.9 Å². The predicted molar refractivity (Wildman–Crippen MR) is 153 cm³/mol. The number of aromatic hydroxyl groups is 2. The van der Waals surface area contributed by atoms with Gasteiger partial charge in [0, 0.05) is 5.69 Å². The molecule has 1 heterocycles. The summed E-state index contributed by atoms with van der Waals surface area (Å²) in [6.45, 7) is 8.72. The van der Waals surface area contributed by atoms with Crippen LogP contribution in [0.25, 0.3) is 5.69 Å². The zero-order valence-corrected chi connectivity index (χ0v) is 22.8. The van der Waals surface area contributed by atoms with Crippen molar-refractivity contribution in [3.05, 3.63) is 119 Å². The molecule has 0 radical (unpaired) electrons. The molecule has 4 aromatic rings. The van der Waals surface area contributed by atoms with E-state index in [2.05, 4.69) is 23.9 Å². The van der Waals surface area contributed by atoms with E-state index in [4.69, 9.17) is 0 Å². The van der Waals surface area contributed by atoms with Gasteiger partial charge in [-0.3, -0.25) is 4.79 Å². The first-order valence-corrected chi connectivity index (χ1v) is 13.5. The fraction of sp³-hybridized carbons (Fsp3) is 0.273. The number of amides is 1. The molecule has 7 heteroatoms. The lowest BCUT2D eigenvalue weighted by Crippen LogP contribution is -2.34. The molecule has 1 fully saturated rings. The molecule has 206 valence electrons. The molecule has 5 rings (SSSR count). The first kappa shape index (κ1) is 27.2. The minimum atomic E-state index is -0.447. The SMILES string of the molecule is C=C1CC[C@H](CC(NC(=O)c2cccc(O)c2O)c2ccccc2)[C@@]1(C)Cc1cnn(-c2ccc(F)cc2)c1C. The summed E-state index contributed by atoms with van der Waals surface area (Å²) in [7, 11) is 0. The Kier molecular flexibility index (Phi) is 7.48. The van der Waals surface area contributed by atoms with Crippen LogP contribution in [-0.4, -0.2) is 25.9 Å². The molecule has 0 aliphatic heterocycles. The summed E-state index contributed by atoms with van der Waals surface area (Å²) < 4.78 is 15.3. The molecule has 1 aromatic heterocycles. The first-order chi connectivity index (χ1) is 19.2. The van der Waals surface area contributed by atoms with Gasteiger partial charge in [0.1, 0.15) is 5.82 Å². The number of carbonyl (C=O) groups is 1. The van der Waals surface area contributed by atoms with Crippen molar-refractivity contribution in [3.8, 4) is 17.2 Å². The molecule has 0 spiro atoms. The highest BCUT2D eigenvalue weighted by Crippen LogP contribution is 2.52. The van der Waals surface area contributed by atoms with Crippen molar-refractivity contribution in [1.82, 2.24) is 15.1 Å². The molecule has 6 nitrogen and oxygen atoms in total. The molecule has 1 amide bonds. The van der Waals surface area contributed by atoms with Gasteiger partial charge < -0.3 is 15.5 Å². The number of rotatable bonds is 8. The summed E-state index contributed by atoms with van der Waals surface area (Å²) in [6.07, 6.45) is 5.14. The van der Waals surface area contributed by atoms with Crippen LogP contribution in [0.15, 0.2) is 91.1 Å². The topological polar surface area (TPSA) is 87.4 Å². The van der Waals surface area contributed by atoms with Crippen molar-refractivity contribution in [2.24, 2.45) is 11.3 Å². The summed E-state index contributed by atoms with van der Waals surface area (Å²) in [5.41, 5.74) is 4.85. The highest BCUT2D eigenvalue weighted by molar-refractivity contribution is 5.97. The Balaban J connectivity index is 1.41. The molecule has 1 saturated carbocycles. The van der Waals surface area contributed by atoms with E-state index >= 15 is 0 Å². The minimum Gasteiger partial charge on any atom is -0.504 e. The Hall–Kier alpha value is -4.39.